The zero-order chi connectivity index (χ0) is 24.1. The number of amides is 1. The Morgan fingerprint density at radius 2 is 1.55 bits per heavy atom. The van der Waals surface area contributed by atoms with E-state index in [4.69, 9.17) is 0 Å². The number of rotatable bonds is 6. The highest BCUT2D eigenvalue weighted by Crippen LogP contribution is 2.22. The Balaban J connectivity index is 1.89. The van der Waals surface area contributed by atoms with Gasteiger partial charge in [0.25, 0.3) is 5.91 Å². The molecular formula is C21H19N5O7. The first-order valence-corrected chi connectivity index (χ1v) is 9.38. The van der Waals surface area contributed by atoms with Gasteiger partial charge in [0.05, 0.1) is 42.1 Å². The molecule has 12 heteroatoms. The molecule has 1 heterocycles. The van der Waals surface area contributed by atoms with Crippen LogP contribution < -0.4 is 11.0 Å². The van der Waals surface area contributed by atoms with Gasteiger partial charge in [0.15, 0.2) is 5.70 Å². The largest absolute Gasteiger partial charge is 0.510 e. The van der Waals surface area contributed by atoms with Crippen LogP contribution in [0.1, 0.15) is 27.6 Å². The van der Waals surface area contributed by atoms with Crippen LogP contribution in [-0.4, -0.2) is 47.1 Å². The van der Waals surface area contributed by atoms with E-state index in [2.05, 4.69) is 35.0 Å². The number of ether oxygens (including phenoxy) is 2. The quantitative estimate of drug-likeness (QED) is 0.192. The number of nitrogens with zero attached hydrogens (tertiary/aromatic N) is 2. The van der Waals surface area contributed by atoms with E-state index in [1.165, 1.54) is 45.4 Å². The molecule has 33 heavy (non-hydrogen) atoms. The highest BCUT2D eigenvalue weighted by atomic mass is 16.5. The third-order valence-electron chi connectivity index (χ3n) is 4.36. The van der Waals surface area contributed by atoms with Crippen LogP contribution in [0.15, 0.2) is 62.9 Å². The van der Waals surface area contributed by atoms with Crippen LogP contribution in [0.2, 0.25) is 0 Å². The standard InChI is InChI=1S/C21H19N5O7/c1-10(27)17(18(28)22-13-4-5-15-16(9-13)24-21(31)23-15)26-25-14-7-11(19(29)32-2)6-12(8-14)20(30)33-3/h4-9,27H,1-3H3,(H,22,28)(H2,23,24,31)/b17-10-,26-25?. The minimum absolute atomic E-state index is 0.0128. The summed E-state index contributed by atoms with van der Waals surface area (Å²) in [5.41, 5.74) is 0.612. The Kier molecular flexibility index (Phi) is 6.67. The lowest BCUT2D eigenvalue weighted by Gasteiger charge is -2.07. The number of hydrogen-bond acceptors (Lipinski definition) is 9. The number of aromatic nitrogens is 2. The summed E-state index contributed by atoms with van der Waals surface area (Å²) in [6.45, 7) is 1.24. The molecule has 3 aromatic rings. The molecule has 0 bridgehead atoms. The van der Waals surface area contributed by atoms with Crippen molar-refractivity contribution in [3.63, 3.8) is 0 Å². The van der Waals surface area contributed by atoms with Crippen molar-refractivity contribution in [1.29, 1.82) is 0 Å². The Morgan fingerprint density at radius 1 is 0.939 bits per heavy atom. The first kappa shape index (κ1) is 22.9. The number of imidazole rings is 1. The third-order valence-corrected chi connectivity index (χ3v) is 4.36. The van der Waals surface area contributed by atoms with Crippen molar-refractivity contribution in [2.75, 3.05) is 19.5 Å². The van der Waals surface area contributed by atoms with Gasteiger partial charge in [-0.15, -0.1) is 5.11 Å². The molecular weight excluding hydrogens is 434 g/mol. The van der Waals surface area contributed by atoms with Gasteiger partial charge >= 0.3 is 17.6 Å². The first-order chi connectivity index (χ1) is 15.7. The number of hydrogen-bond donors (Lipinski definition) is 4. The lowest BCUT2D eigenvalue weighted by atomic mass is 10.1. The number of azo groups is 1. The summed E-state index contributed by atoms with van der Waals surface area (Å²) in [4.78, 5) is 53.0. The number of nitrogens with one attached hydrogen (secondary N) is 3. The van der Waals surface area contributed by atoms with Gasteiger partial charge < -0.3 is 29.9 Å². The van der Waals surface area contributed by atoms with Gasteiger partial charge in [-0.25, -0.2) is 14.4 Å². The second-order valence-electron chi connectivity index (χ2n) is 6.68. The smallest absolute Gasteiger partial charge is 0.337 e. The minimum Gasteiger partial charge on any atom is -0.510 e. The zero-order valence-electron chi connectivity index (χ0n) is 17.8. The minimum atomic E-state index is -0.784. The van der Waals surface area contributed by atoms with Crippen molar-refractivity contribution in [3.8, 4) is 0 Å². The van der Waals surface area contributed by atoms with Crippen molar-refractivity contribution < 1.29 is 29.0 Å². The number of carbonyl (C=O) groups is 3. The summed E-state index contributed by atoms with van der Waals surface area (Å²) in [7, 11) is 2.35. The van der Waals surface area contributed by atoms with E-state index < -0.39 is 35.0 Å². The number of fused-ring (bicyclic) bond motifs is 1. The molecule has 1 amide bonds. The summed E-state index contributed by atoms with van der Waals surface area (Å²) in [6, 6.07) is 8.51. The fourth-order valence-electron chi connectivity index (χ4n) is 2.83. The van der Waals surface area contributed by atoms with E-state index in [-0.39, 0.29) is 16.8 Å². The Bertz CT molecular complexity index is 1330. The number of esters is 2. The van der Waals surface area contributed by atoms with Gasteiger partial charge in [-0.05, 0) is 43.3 Å². The predicted molar refractivity (Wildman–Crippen MR) is 117 cm³/mol. The first-order valence-electron chi connectivity index (χ1n) is 9.38. The van der Waals surface area contributed by atoms with E-state index in [1.54, 1.807) is 12.1 Å². The summed E-state index contributed by atoms with van der Waals surface area (Å²) >= 11 is 0. The molecule has 0 aliphatic carbocycles. The number of carbonyl (C=O) groups excluding carboxylic acids is 3. The average molecular weight is 453 g/mol. The number of aliphatic hydroxyl groups excluding tert-OH is 1. The van der Waals surface area contributed by atoms with E-state index in [0.29, 0.717) is 16.7 Å². The lowest BCUT2D eigenvalue weighted by molar-refractivity contribution is -0.113. The maximum absolute atomic E-state index is 12.6. The summed E-state index contributed by atoms with van der Waals surface area (Å²) < 4.78 is 9.32. The maximum Gasteiger partial charge on any atom is 0.337 e. The van der Waals surface area contributed by atoms with Crippen molar-refractivity contribution in [2.24, 2.45) is 10.2 Å². The number of H-pyrrole nitrogens is 2. The van der Waals surface area contributed by atoms with Gasteiger partial charge in [0, 0.05) is 5.69 Å². The van der Waals surface area contributed by atoms with Crippen molar-refractivity contribution in [1.82, 2.24) is 9.97 Å². The molecule has 0 atom stereocenters. The molecule has 170 valence electrons. The van der Waals surface area contributed by atoms with E-state index in [1.807, 2.05) is 0 Å². The van der Waals surface area contributed by atoms with Crippen LogP contribution in [0.25, 0.3) is 11.0 Å². The molecule has 0 saturated heterocycles. The highest BCUT2D eigenvalue weighted by molar-refractivity contribution is 6.04. The SMILES string of the molecule is COC(=O)c1cc(N=N/C(C(=O)Nc2ccc3[nH]c(=O)[nH]c3c2)=C(/C)O)cc(C(=O)OC)c1. The Labute approximate surface area is 185 Å². The number of aliphatic hydroxyl groups is 1. The fraction of sp³-hybridized carbons (Fsp3) is 0.143. The topological polar surface area (TPSA) is 175 Å². The van der Waals surface area contributed by atoms with Gasteiger partial charge in [0.2, 0.25) is 0 Å². The fourth-order valence-corrected chi connectivity index (χ4v) is 2.83. The molecule has 0 saturated carbocycles. The molecule has 0 spiro atoms. The molecule has 3 rings (SSSR count). The second-order valence-corrected chi connectivity index (χ2v) is 6.68. The summed E-state index contributed by atoms with van der Waals surface area (Å²) in [5.74, 6) is -2.65. The van der Waals surface area contributed by atoms with Crippen LogP contribution in [-0.2, 0) is 14.3 Å². The summed E-state index contributed by atoms with van der Waals surface area (Å²) in [5, 5.41) is 20.1. The maximum atomic E-state index is 12.6. The molecule has 1 aromatic heterocycles. The molecule has 0 fully saturated rings. The second kappa shape index (κ2) is 9.60. The molecule has 4 N–H and O–H groups in total. The molecule has 2 aromatic carbocycles. The molecule has 0 unspecified atom stereocenters. The predicted octanol–water partition coefficient (Wildman–Crippen LogP) is 2.94. The number of aromatic amines is 2. The van der Waals surface area contributed by atoms with Crippen LogP contribution in [0.5, 0.6) is 0 Å². The number of allylic oxidation sites excluding steroid dienone is 1. The van der Waals surface area contributed by atoms with E-state index in [0.717, 1.165) is 0 Å². The van der Waals surface area contributed by atoms with Gasteiger partial charge in [-0.2, -0.15) is 5.11 Å². The highest BCUT2D eigenvalue weighted by Gasteiger charge is 2.16. The van der Waals surface area contributed by atoms with E-state index >= 15 is 0 Å². The summed E-state index contributed by atoms with van der Waals surface area (Å²) in [6.07, 6.45) is 0. The third kappa shape index (κ3) is 5.31. The monoisotopic (exact) mass is 453 g/mol. The molecule has 0 aliphatic heterocycles. The molecule has 12 nitrogen and oxygen atoms in total. The number of benzene rings is 2. The number of anilines is 1. The lowest BCUT2D eigenvalue weighted by Crippen LogP contribution is -2.14. The van der Waals surface area contributed by atoms with Gasteiger partial charge in [-0.3, -0.25) is 4.79 Å². The van der Waals surface area contributed by atoms with Crippen molar-refractivity contribution in [2.45, 2.75) is 6.92 Å². The van der Waals surface area contributed by atoms with E-state index in [9.17, 15) is 24.3 Å². The van der Waals surface area contributed by atoms with Gasteiger partial charge in [0.1, 0.15) is 5.76 Å². The van der Waals surface area contributed by atoms with Gasteiger partial charge in [-0.1, -0.05) is 0 Å². The van der Waals surface area contributed by atoms with Crippen LogP contribution in [0.4, 0.5) is 11.4 Å². The van der Waals surface area contributed by atoms with Crippen LogP contribution in [0, 0.1) is 0 Å². The van der Waals surface area contributed by atoms with Crippen molar-refractivity contribution >= 4 is 40.3 Å². The van der Waals surface area contributed by atoms with Crippen molar-refractivity contribution in [3.05, 3.63) is 69.5 Å². The molecule has 0 aliphatic rings. The zero-order valence-corrected chi connectivity index (χ0v) is 17.8. The Morgan fingerprint density at radius 3 is 2.12 bits per heavy atom. The van der Waals surface area contributed by atoms with Crippen LogP contribution >= 0.6 is 0 Å². The van der Waals surface area contributed by atoms with Crippen LogP contribution in [0.3, 0.4) is 0 Å². The average Bonchev–Trinajstić information content (AvgIpc) is 3.16. The Hall–Kier alpha value is -4.74. The number of methoxy groups -OCH3 is 2. The molecule has 0 radical (unpaired) electrons. The normalized spacial score (nSPS) is 11.8.